The van der Waals surface area contributed by atoms with Gasteiger partial charge in [0.2, 0.25) is 0 Å². The van der Waals surface area contributed by atoms with Crippen molar-refractivity contribution in [2.75, 3.05) is 0 Å². The van der Waals surface area contributed by atoms with E-state index in [1.54, 1.807) is 0 Å². The Bertz CT molecular complexity index is 622. The van der Waals surface area contributed by atoms with Crippen LogP contribution in [0.1, 0.15) is 25.2 Å². The van der Waals surface area contributed by atoms with Crippen molar-refractivity contribution in [1.29, 1.82) is 0 Å². The minimum atomic E-state index is -0.644. The predicted octanol–water partition coefficient (Wildman–Crippen LogP) is 3.04. The molecule has 0 aliphatic carbocycles. The zero-order chi connectivity index (χ0) is 14.0. The Balaban J connectivity index is 2.52. The van der Waals surface area contributed by atoms with Gasteiger partial charge in [0.25, 0.3) is 5.69 Å². The number of nitrogens with zero attached hydrogens (tertiary/aromatic N) is 3. The second-order valence-electron chi connectivity index (χ2n) is 4.14. The monoisotopic (exact) mass is 263 g/mol. The number of benzene rings is 1. The summed E-state index contributed by atoms with van der Waals surface area (Å²) in [5, 5.41) is 14.9. The summed E-state index contributed by atoms with van der Waals surface area (Å²) in [6, 6.07) is 5.51. The fourth-order valence-electron chi connectivity index (χ4n) is 1.89. The molecule has 0 bridgehead atoms. The van der Waals surface area contributed by atoms with Crippen molar-refractivity contribution < 1.29 is 9.31 Å². The van der Waals surface area contributed by atoms with Crippen LogP contribution in [0.2, 0.25) is 0 Å². The van der Waals surface area contributed by atoms with Gasteiger partial charge in [-0.1, -0.05) is 13.8 Å². The third-order valence-corrected chi connectivity index (χ3v) is 2.93. The van der Waals surface area contributed by atoms with Crippen LogP contribution >= 0.6 is 0 Å². The second-order valence-corrected chi connectivity index (χ2v) is 4.14. The summed E-state index contributed by atoms with van der Waals surface area (Å²) in [5.41, 5.74) is 1.73. The van der Waals surface area contributed by atoms with Gasteiger partial charge in [-0.15, -0.1) is 0 Å². The van der Waals surface area contributed by atoms with Gasteiger partial charge in [-0.25, -0.2) is 9.07 Å². The highest BCUT2D eigenvalue weighted by Crippen LogP contribution is 2.21. The van der Waals surface area contributed by atoms with Crippen molar-refractivity contribution in [1.82, 2.24) is 9.78 Å². The van der Waals surface area contributed by atoms with E-state index in [2.05, 4.69) is 5.10 Å². The third-order valence-electron chi connectivity index (χ3n) is 2.93. The molecule has 0 spiro atoms. The molecule has 1 heterocycles. The van der Waals surface area contributed by atoms with Crippen LogP contribution in [0.3, 0.4) is 0 Å². The van der Waals surface area contributed by atoms with Crippen molar-refractivity contribution in [3.05, 3.63) is 51.6 Å². The van der Waals surface area contributed by atoms with E-state index in [0.717, 1.165) is 23.9 Å². The lowest BCUT2D eigenvalue weighted by molar-refractivity contribution is -0.385. The zero-order valence-electron chi connectivity index (χ0n) is 10.8. The number of non-ortho nitro benzene ring substituents is 1. The van der Waals surface area contributed by atoms with Crippen molar-refractivity contribution in [2.24, 2.45) is 0 Å². The molecule has 0 atom stereocenters. The molecule has 5 nitrogen and oxygen atoms in total. The Hall–Kier alpha value is -2.24. The summed E-state index contributed by atoms with van der Waals surface area (Å²) in [6.07, 6.45) is 1.47. The molecule has 0 N–H and O–H groups in total. The molecule has 0 unspecified atom stereocenters. The van der Waals surface area contributed by atoms with Crippen molar-refractivity contribution in [2.45, 2.75) is 26.7 Å². The highest BCUT2D eigenvalue weighted by atomic mass is 19.1. The minimum Gasteiger partial charge on any atom is -0.258 e. The first-order valence-corrected chi connectivity index (χ1v) is 6.09. The van der Waals surface area contributed by atoms with Crippen LogP contribution in [0, 0.1) is 15.9 Å². The van der Waals surface area contributed by atoms with Gasteiger partial charge in [0, 0.05) is 11.8 Å². The summed E-state index contributed by atoms with van der Waals surface area (Å²) in [6.45, 7) is 3.93. The lowest BCUT2D eigenvalue weighted by Crippen LogP contribution is -2.04. The third kappa shape index (κ3) is 2.47. The summed E-state index contributed by atoms with van der Waals surface area (Å²) in [4.78, 5) is 9.97. The summed E-state index contributed by atoms with van der Waals surface area (Å²) in [7, 11) is 0. The molecule has 6 heteroatoms. The van der Waals surface area contributed by atoms with E-state index in [4.69, 9.17) is 0 Å². The first-order valence-electron chi connectivity index (χ1n) is 6.09. The molecule has 0 aliphatic heterocycles. The molecule has 0 saturated carbocycles. The number of hydrogen-bond donors (Lipinski definition) is 0. The Labute approximate surface area is 109 Å². The van der Waals surface area contributed by atoms with Gasteiger partial charge in [-0.05, 0) is 25.0 Å². The van der Waals surface area contributed by atoms with E-state index in [0.29, 0.717) is 6.42 Å². The number of nitro groups is 1. The SMILES string of the molecule is CCc1cc(CC)n(-c2ccc([N+](=O)[O-])cc2F)n1. The van der Waals surface area contributed by atoms with E-state index >= 15 is 0 Å². The maximum absolute atomic E-state index is 14.0. The number of rotatable bonds is 4. The van der Waals surface area contributed by atoms with Crippen LogP contribution in [0.15, 0.2) is 24.3 Å². The molecule has 19 heavy (non-hydrogen) atoms. The first-order chi connectivity index (χ1) is 9.06. The second kappa shape index (κ2) is 5.17. The number of nitro benzene ring substituents is 1. The highest BCUT2D eigenvalue weighted by molar-refractivity contribution is 5.43. The normalized spacial score (nSPS) is 10.7. The Morgan fingerprint density at radius 3 is 2.58 bits per heavy atom. The maximum atomic E-state index is 14.0. The molecular formula is C13H14FN3O2. The quantitative estimate of drug-likeness (QED) is 0.629. The fraction of sp³-hybridized carbons (Fsp3) is 0.308. The maximum Gasteiger partial charge on any atom is 0.272 e. The lowest BCUT2D eigenvalue weighted by atomic mass is 10.2. The molecule has 2 aromatic rings. The summed E-state index contributed by atoms with van der Waals surface area (Å²) < 4.78 is 15.5. The smallest absolute Gasteiger partial charge is 0.258 e. The van der Waals surface area contributed by atoms with Crippen molar-refractivity contribution in [3.8, 4) is 5.69 Å². The predicted molar refractivity (Wildman–Crippen MR) is 68.9 cm³/mol. The average Bonchev–Trinajstić information content (AvgIpc) is 2.81. The lowest BCUT2D eigenvalue weighted by Gasteiger charge is -2.06. The summed E-state index contributed by atoms with van der Waals surface area (Å²) in [5.74, 6) is -0.644. The number of halogens is 1. The van der Waals surface area contributed by atoms with Gasteiger partial charge >= 0.3 is 0 Å². The fourth-order valence-corrected chi connectivity index (χ4v) is 1.89. The largest absolute Gasteiger partial charge is 0.272 e. The number of hydrogen-bond acceptors (Lipinski definition) is 3. The standard InChI is InChI=1S/C13H14FN3O2/c1-3-9-7-10(4-2)16(15-9)13-6-5-11(17(18)19)8-12(13)14/h5-8H,3-4H2,1-2H3. The molecule has 1 aromatic carbocycles. The van der Waals surface area contributed by atoms with Gasteiger partial charge in [0.05, 0.1) is 16.7 Å². The Kier molecular flexibility index (Phi) is 3.59. The molecule has 2 rings (SSSR count). The van der Waals surface area contributed by atoms with E-state index < -0.39 is 10.7 Å². The molecule has 0 fully saturated rings. The molecule has 0 saturated heterocycles. The molecular weight excluding hydrogens is 249 g/mol. The topological polar surface area (TPSA) is 61.0 Å². The van der Waals surface area contributed by atoms with Crippen molar-refractivity contribution in [3.63, 3.8) is 0 Å². The van der Waals surface area contributed by atoms with Crippen LogP contribution in [0.4, 0.5) is 10.1 Å². The number of aromatic nitrogens is 2. The van der Waals surface area contributed by atoms with Gasteiger partial charge in [0.15, 0.2) is 5.82 Å². The van der Waals surface area contributed by atoms with Crippen LogP contribution in [0.25, 0.3) is 5.69 Å². The molecule has 0 aliphatic rings. The summed E-state index contributed by atoms with van der Waals surface area (Å²) >= 11 is 0. The van der Waals surface area contributed by atoms with Gasteiger partial charge in [-0.2, -0.15) is 5.10 Å². The van der Waals surface area contributed by atoms with Gasteiger partial charge in [0.1, 0.15) is 5.69 Å². The molecule has 100 valence electrons. The first kappa shape index (κ1) is 13.2. The number of aryl methyl sites for hydroxylation is 2. The molecule has 0 amide bonds. The van der Waals surface area contributed by atoms with Gasteiger partial charge in [-0.3, -0.25) is 10.1 Å². The van der Waals surface area contributed by atoms with Crippen LogP contribution in [-0.2, 0) is 12.8 Å². The molecule has 0 radical (unpaired) electrons. The van der Waals surface area contributed by atoms with Crippen LogP contribution in [-0.4, -0.2) is 14.7 Å². The van der Waals surface area contributed by atoms with Gasteiger partial charge < -0.3 is 0 Å². The highest BCUT2D eigenvalue weighted by Gasteiger charge is 2.15. The van der Waals surface area contributed by atoms with E-state index in [1.165, 1.54) is 16.8 Å². The average molecular weight is 263 g/mol. The van der Waals surface area contributed by atoms with Crippen LogP contribution in [0.5, 0.6) is 0 Å². The Morgan fingerprint density at radius 2 is 2.05 bits per heavy atom. The van der Waals surface area contributed by atoms with E-state index in [-0.39, 0.29) is 11.4 Å². The Morgan fingerprint density at radius 1 is 1.32 bits per heavy atom. The van der Waals surface area contributed by atoms with Crippen LogP contribution < -0.4 is 0 Å². The minimum absolute atomic E-state index is 0.238. The van der Waals surface area contributed by atoms with E-state index in [1.807, 2.05) is 19.9 Å². The van der Waals surface area contributed by atoms with Crippen molar-refractivity contribution >= 4 is 5.69 Å². The molecule has 1 aromatic heterocycles. The zero-order valence-corrected chi connectivity index (χ0v) is 10.8. The van der Waals surface area contributed by atoms with E-state index in [9.17, 15) is 14.5 Å².